The molecule has 0 aliphatic carbocycles. The quantitative estimate of drug-likeness (QED) is 0.646. The number of anilines is 1. The maximum absolute atomic E-state index is 14.7. The standard InChI is InChI=1S/C24H22F2N4O2/c1-13-8-20(26)18(22-9-14(2)30(3)29-22)10-21(13)28-24(32)19-12-27-23(31)11-17(19)15-4-6-16(25)7-5-15/h4-10,12,17H,11H2,1-3H3,(H,27,31)(H,28,32)/t17-/m0/s1. The number of aryl methyl sites for hydroxylation is 3. The predicted molar refractivity (Wildman–Crippen MR) is 117 cm³/mol. The molecule has 0 radical (unpaired) electrons. The van der Waals surface area contributed by atoms with E-state index in [1.807, 2.05) is 6.92 Å². The van der Waals surface area contributed by atoms with Crippen molar-refractivity contribution >= 4 is 17.5 Å². The largest absolute Gasteiger partial charge is 0.332 e. The Hall–Kier alpha value is -3.81. The topological polar surface area (TPSA) is 76.0 Å². The molecule has 8 heteroatoms. The van der Waals surface area contributed by atoms with Gasteiger partial charge in [-0.1, -0.05) is 12.1 Å². The molecule has 2 heterocycles. The first-order valence-electron chi connectivity index (χ1n) is 10.1. The van der Waals surface area contributed by atoms with Crippen LogP contribution in [-0.2, 0) is 16.6 Å². The highest BCUT2D eigenvalue weighted by molar-refractivity contribution is 6.07. The third-order valence-electron chi connectivity index (χ3n) is 5.64. The van der Waals surface area contributed by atoms with Crippen LogP contribution in [0.5, 0.6) is 0 Å². The molecule has 1 aromatic heterocycles. The van der Waals surface area contributed by atoms with Crippen LogP contribution in [0.3, 0.4) is 0 Å². The number of halogens is 2. The smallest absolute Gasteiger partial charge is 0.253 e. The Morgan fingerprint density at radius 2 is 1.88 bits per heavy atom. The van der Waals surface area contributed by atoms with Gasteiger partial charge >= 0.3 is 0 Å². The van der Waals surface area contributed by atoms with Gasteiger partial charge in [0.25, 0.3) is 5.91 Å². The van der Waals surface area contributed by atoms with E-state index in [0.29, 0.717) is 28.1 Å². The molecule has 6 nitrogen and oxygen atoms in total. The highest BCUT2D eigenvalue weighted by atomic mass is 19.1. The molecule has 0 saturated carbocycles. The molecule has 2 N–H and O–H groups in total. The Morgan fingerprint density at radius 1 is 1.16 bits per heavy atom. The molecule has 164 valence electrons. The minimum Gasteiger partial charge on any atom is -0.332 e. The van der Waals surface area contributed by atoms with Crippen LogP contribution in [0.2, 0.25) is 0 Å². The molecule has 3 aromatic rings. The SMILES string of the molecule is Cc1cc(F)c(-c2cc(C)n(C)n2)cc1NC(=O)C1=CNC(=O)C[C@H]1c1ccc(F)cc1. The van der Waals surface area contributed by atoms with Crippen LogP contribution in [0.25, 0.3) is 11.3 Å². The molecule has 0 saturated heterocycles. The summed E-state index contributed by atoms with van der Waals surface area (Å²) in [5.41, 5.74) is 3.58. The first-order chi connectivity index (χ1) is 15.2. The molecule has 0 unspecified atom stereocenters. The van der Waals surface area contributed by atoms with E-state index in [-0.39, 0.29) is 17.9 Å². The molecule has 32 heavy (non-hydrogen) atoms. The average Bonchev–Trinajstić information content (AvgIpc) is 3.08. The summed E-state index contributed by atoms with van der Waals surface area (Å²) in [4.78, 5) is 25.1. The van der Waals surface area contributed by atoms with Crippen LogP contribution in [0.1, 0.15) is 29.2 Å². The van der Waals surface area contributed by atoms with Crippen LogP contribution in [0, 0.1) is 25.5 Å². The average molecular weight is 436 g/mol. The number of nitrogens with zero attached hydrogens (tertiary/aromatic N) is 2. The molecule has 2 aromatic carbocycles. The number of rotatable bonds is 4. The Balaban J connectivity index is 1.65. The van der Waals surface area contributed by atoms with E-state index >= 15 is 0 Å². The number of hydrogen-bond acceptors (Lipinski definition) is 3. The van der Waals surface area contributed by atoms with Gasteiger partial charge in [0.05, 0.1) is 5.69 Å². The Morgan fingerprint density at radius 3 is 2.53 bits per heavy atom. The number of hydrogen-bond donors (Lipinski definition) is 2. The van der Waals surface area contributed by atoms with Gasteiger partial charge in [-0.15, -0.1) is 0 Å². The summed E-state index contributed by atoms with van der Waals surface area (Å²) >= 11 is 0. The van der Waals surface area contributed by atoms with Crippen molar-refractivity contribution in [3.05, 3.63) is 82.7 Å². The molecule has 2 amide bonds. The zero-order chi connectivity index (χ0) is 23.0. The van der Waals surface area contributed by atoms with Crippen molar-refractivity contribution in [2.24, 2.45) is 7.05 Å². The Bertz CT molecular complexity index is 1230. The lowest BCUT2D eigenvalue weighted by atomic mass is 9.86. The molecular formula is C24H22F2N4O2. The van der Waals surface area contributed by atoms with Crippen molar-refractivity contribution < 1.29 is 18.4 Å². The van der Waals surface area contributed by atoms with E-state index in [0.717, 1.165) is 5.69 Å². The van der Waals surface area contributed by atoms with E-state index in [9.17, 15) is 18.4 Å². The van der Waals surface area contributed by atoms with Gasteiger partial charge in [-0.25, -0.2) is 8.78 Å². The van der Waals surface area contributed by atoms with Gasteiger partial charge in [-0.3, -0.25) is 14.3 Å². The van der Waals surface area contributed by atoms with E-state index in [4.69, 9.17) is 0 Å². The summed E-state index contributed by atoms with van der Waals surface area (Å²) < 4.78 is 29.6. The first-order valence-corrected chi connectivity index (χ1v) is 10.1. The lowest BCUT2D eigenvalue weighted by Gasteiger charge is -2.24. The van der Waals surface area contributed by atoms with Crippen LogP contribution in [0.15, 0.2) is 54.2 Å². The van der Waals surface area contributed by atoms with Crippen LogP contribution >= 0.6 is 0 Å². The molecule has 0 fully saturated rings. The second kappa shape index (κ2) is 8.37. The highest BCUT2D eigenvalue weighted by Crippen LogP contribution is 2.33. The first kappa shape index (κ1) is 21.4. The summed E-state index contributed by atoms with van der Waals surface area (Å²) in [6, 6.07) is 10.4. The van der Waals surface area contributed by atoms with Gasteiger partial charge < -0.3 is 10.6 Å². The third kappa shape index (κ3) is 4.16. The number of nitrogens with one attached hydrogen (secondary N) is 2. The fraction of sp³-hybridized carbons (Fsp3) is 0.208. The summed E-state index contributed by atoms with van der Waals surface area (Å²) in [5, 5.41) is 9.72. The summed E-state index contributed by atoms with van der Waals surface area (Å²) in [7, 11) is 1.77. The fourth-order valence-electron chi connectivity index (χ4n) is 3.72. The normalized spacial score (nSPS) is 15.8. The minimum absolute atomic E-state index is 0.0613. The zero-order valence-electron chi connectivity index (χ0n) is 17.9. The molecule has 0 bridgehead atoms. The number of carbonyl (C=O) groups is 2. The molecule has 1 aliphatic heterocycles. The van der Waals surface area contributed by atoms with Gasteiger partial charge in [0, 0.05) is 48.1 Å². The predicted octanol–water partition coefficient (Wildman–Crippen LogP) is 4.11. The summed E-state index contributed by atoms with van der Waals surface area (Å²) in [6.45, 7) is 3.56. The molecule has 1 aliphatic rings. The number of amides is 2. The van der Waals surface area contributed by atoms with Gasteiger partial charge in [0.1, 0.15) is 11.6 Å². The number of aromatic nitrogens is 2. The monoisotopic (exact) mass is 436 g/mol. The highest BCUT2D eigenvalue weighted by Gasteiger charge is 2.29. The Kier molecular flexibility index (Phi) is 5.61. The van der Waals surface area contributed by atoms with Crippen molar-refractivity contribution in [1.29, 1.82) is 0 Å². The maximum atomic E-state index is 14.7. The van der Waals surface area contributed by atoms with Gasteiger partial charge in [0.2, 0.25) is 5.91 Å². The Labute approximate surface area is 183 Å². The van der Waals surface area contributed by atoms with E-state index in [2.05, 4.69) is 15.7 Å². The van der Waals surface area contributed by atoms with Crippen molar-refractivity contribution in [1.82, 2.24) is 15.1 Å². The van der Waals surface area contributed by atoms with Crippen molar-refractivity contribution in [2.75, 3.05) is 5.32 Å². The minimum atomic E-state index is -0.525. The number of benzene rings is 2. The summed E-state index contributed by atoms with van der Waals surface area (Å²) in [5.74, 6) is -2.03. The van der Waals surface area contributed by atoms with E-state index < -0.39 is 23.5 Å². The molecule has 0 spiro atoms. The zero-order valence-corrected chi connectivity index (χ0v) is 17.9. The van der Waals surface area contributed by atoms with Crippen molar-refractivity contribution in [3.8, 4) is 11.3 Å². The van der Waals surface area contributed by atoms with Crippen LogP contribution < -0.4 is 10.6 Å². The van der Waals surface area contributed by atoms with Gasteiger partial charge in [-0.05, 0) is 55.3 Å². The second-order valence-corrected chi connectivity index (χ2v) is 7.87. The van der Waals surface area contributed by atoms with Gasteiger partial charge in [0.15, 0.2) is 0 Å². The third-order valence-corrected chi connectivity index (χ3v) is 5.64. The fourth-order valence-corrected chi connectivity index (χ4v) is 3.72. The number of carbonyl (C=O) groups excluding carboxylic acids is 2. The molecule has 4 rings (SSSR count). The lowest BCUT2D eigenvalue weighted by molar-refractivity contribution is -0.121. The molecule has 1 atom stereocenters. The van der Waals surface area contributed by atoms with E-state index in [1.54, 1.807) is 42.9 Å². The van der Waals surface area contributed by atoms with Crippen molar-refractivity contribution in [2.45, 2.75) is 26.2 Å². The molecular weight excluding hydrogens is 414 g/mol. The van der Waals surface area contributed by atoms with Gasteiger partial charge in [-0.2, -0.15) is 5.10 Å². The summed E-state index contributed by atoms with van der Waals surface area (Å²) in [6.07, 6.45) is 1.43. The van der Waals surface area contributed by atoms with Crippen LogP contribution in [-0.4, -0.2) is 21.6 Å². The maximum Gasteiger partial charge on any atom is 0.253 e. The van der Waals surface area contributed by atoms with E-state index in [1.165, 1.54) is 24.4 Å². The van der Waals surface area contributed by atoms with Crippen molar-refractivity contribution in [3.63, 3.8) is 0 Å². The lowest BCUT2D eigenvalue weighted by Crippen LogP contribution is -2.32. The second-order valence-electron chi connectivity index (χ2n) is 7.87. The van der Waals surface area contributed by atoms with Crippen LogP contribution in [0.4, 0.5) is 14.5 Å².